The van der Waals surface area contributed by atoms with Gasteiger partial charge in [-0.1, -0.05) is 61.4 Å². The number of nitrogens with zero attached hydrogens (tertiary/aromatic N) is 1. The van der Waals surface area contributed by atoms with E-state index in [2.05, 4.69) is 27.1 Å². The first-order valence-electron chi connectivity index (χ1n) is 9.76. The zero-order valence-electron chi connectivity index (χ0n) is 18.1. The van der Waals surface area contributed by atoms with Crippen molar-refractivity contribution in [2.45, 2.75) is 40.5 Å². The van der Waals surface area contributed by atoms with Gasteiger partial charge in [-0.2, -0.15) is 0 Å². The molecule has 172 valence electrons. The van der Waals surface area contributed by atoms with Crippen molar-refractivity contribution in [3.63, 3.8) is 0 Å². The first-order valence-corrected chi connectivity index (χ1v) is 14.1. The highest BCUT2D eigenvalue weighted by Crippen LogP contribution is 2.33. The van der Waals surface area contributed by atoms with Crippen molar-refractivity contribution in [2.24, 2.45) is 15.2 Å². The van der Waals surface area contributed by atoms with Crippen LogP contribution in [0.1, 0.15) is 40.5 Å². The fourth-order valence-corrected chi connectivity index (χ4v) is 7.80. The summed E-state index contributed by atoms with van der Waals surface area (Å²) in [6.07, 6.45) is 3.94. The Bertz CT molecular complexity index is 745. The molecule has 0 unspecified atom stereocenters. The minimum absolute atomic E-state index is 0.0176. The summed E-state index contributed by atoms with van der Waals surface area (Å²) < 4.78 is 17.3. The Balaban J connectivity index is 2.29. The van der Waals surface area contributed by atoms with Crippen LogP contribution in [0.5, 0.6) is 0 Å². The third kappa shape index (κ3) is 11.8. The number of hydrogen-bond acceptors (Lipinski definition) is 6. The molecular weight excluding hydrogens is 446 g/mol. The summed E-state index contributed by atoms with van der Waals surface area (Å²) in [7, 11) is 0.441. The maximum absolute atomic E-state index is 13.3. The molecule has 0 radical (unpaired) electrons. The van der Waals surface area contributed by atoms with Crippen molar-refractivity contribution in [1.29, 1.82) is 0 Å². The molecule has 0 aromatic heterocycles. The lowest BCUT2D eigenvalue weighted by atomic mass is 9.89. The van der Waals surface area contributed by atoms with Crippen molar-refractivity contribution in [3.8, 4) is 0 Å². The van der Waals surface area contributed by atoms with Gasteiger partial charge < -0.3 is 15.7 Å². The van der Waals surface area contributed by atoms with E-state index in [0.29, 0.717) is 36.1 Å². The van der Waals surface area contributed by atoms with Gasteiger partial charge in [-0.15, -0.1) is 4.36 Å². The molecule has 0 saturated heterocycles. The topological polar surface area (TPSA) is 125 Å². The lowest BCUT2D eigenvalue weighted by Crippen LogP contribution is -2.30. The van der Waals surface area contributed by atoms with Gasteiger partial charge in [0.15, 0.2) is 0 Å². The predicted molar refractivity (Wildman–Crippen MR) is 125 cm³/mol. The van der Waals surface area contributed by atoms with E-state index in [1.165, 1.54) is 0 Å². The van der Waals surface area contributed by atoms with Crippen LogP contribution in [0, 0.1) is 10.8 Å². The summed E-state index contributed by atoms with van der Waals surface area (Å²) in [4.78, 5) is 33.9. The minimum Gasteiger partial charge on any atom is -0.481 e. The molecular formula is C19H33N3O5S3. The van der Waals surface area contributed by atoms with Crippen LogP contribution in [0.2, 0.25) is 0 Å². The van der Waals surface area contributed by atoms with E-state index in [4.69, 9.17) is 5.11 Å². The van der Waals surface area contributed by atoms with Crippen LogP contribution in [-0.4, -0.2) is 63.3 Å². The Kier molecular flexibility index (Phi) is 10.7. The third-order valence-corrected chi connectivity index (χ3v) is 9.35. The van der Waals surface area contributed by atoms with Crippen molar-refractivity contribution < 1.29 is 23.7 Å². The second kappa shape index (κ2) is 12.0. The van der Waals surface area contributed by atoms with Crippen LogP contribution in [0.15, 0.2) is 16.5 Å². The van der Waals surface area contributed by atoms with Crippen LogP contribution in [0.25, 0.3) is 0 Å². The number of urea groups is 1. The second-order valence-electron chi connectivity index (χ2n) is 8.58. The molecule has 0 atom stereocenters. The maximum Gasteiger partial charge on any atom is 0.349 e. The van der Waals surface area contributed by atoms with Crippen LogP contribution < -0.4 is 10.6 Å². The smallest absolute Gasteiger partial charge is 0.349 e. The highest BCUT2D eigenvalue weighted by atomic mass is 33.1. The highest BCUT2D eigenvalue weighted by Gasteiger charge is 2.32. The number of carbonyl (C=O) groups excluding carboxylic acids is 2. The van der Waals surface area contributed by atoms with Gasteiger partial charge in [0.1, 0.15) is 0 Å². The van der Waals surface area contributed by atoms with Crippen LogP contribution in [-0.2, 0) is 19.3 Å². The molecule has 0 spiro atoms. The molecule has 8 nitrogen and oxygen atoms in total. The van der Waals surface area contributed by atoms with E-state index < -0.39 is 21.7 Å². The lowest BCUT2D eigenvalue weighted by Gasteiger charge is -2.22. The van der Waals surface area contributed by atoms with Gasteiger partial charge in [0.05, 0.1) is 16.1 Å². The predicted octanol–water partition coefficient (Wildman–Crippen LogP) is 3.15. The van der Waals surface area contributed by atoms with Gasteiger partial charge in [0.2, 0.25) is 5.91 Å². The van der Waals surface area contributed by atoms with Gasteiger partial charge in [-0.25, -0.2) is 9.00 Å². The van der Waals surface area contributed by atoms with Gasteiger partial charge >= 0.3 is 12.0 Å². The normalized spacial score (nSPS) is 18.8. The molecule has 1 heterocycles. The standard InChI is InChI=1S/C19H33N3O5S3/c1-18(2)7-8-19(3,4)14-30(27,13-18)22-17(26)21-10-12-29-28-11-9-20-15(23)5-6-16(24)25/h7-8H,5-6,9-14H2,1-4H3,(H,20,23)(H,21,26)(H,24,25). The fraction of sp³-hybridized carbons (Fsp3) is 0.737. The van der Waals surface area contributed by atoms with E-state index in [1.807, 2.05) is 27.7 Å². The van der Waals surface area contributed by atoms with E-state index in [1.54, 1.807) is 21.6 Å². The molecule has 1 rings (SSSR count). The number of aliphatic carboxylic acids is 1. The summed E-state index contributed by atoms with van der Waals surface area (Å²) in [6.45, 7) is 8.87. The molecule has 0 aliphatic carbocycles. The van der Waals surface area contributed by atoms with E-state index in [9.17, 15) is 18.6 Å². The number of rotatable bonds is 10. The summed E-state index contributed by atoms with van der Waals surface area (Å²) in [5.74, 6) is 0.778. The molecule has 30 heavy (non-hydrogen) atoms. The van der Waals surface area contributed by atoms with Crippen molar-refractivity contribution in [2.75, 3.05) is 36.1 Å². The molecule has 0 bridgehead atoms. The number of nitrogens with one attached hydrogen (secondary N) is 2. The first-order chi connectivity index (χ1) is 13.8. The number of allylic oxidation sites excluding steroid dienone is 2. The van der Waals surface area contributed by atoms with Gasteiger partial charge in [0, 0.05) is 42.5 Å². The van der Waals surface area contributed by atoms with Gasteiger partial charge in [-0.05, 0) is 10.8 Å². The Morgan fingerprint density at radius 1 is 0.967 bits per heavy atom. The Labute approximate surface area is 187 Å². The highest BCUT2D eigenvalue weighted by molar-refractivity contribution is 8.76. The molecule has 3 N–H and O–H groups in total. The largest absolute Gasteiger partial charge is 0.481 e. The maximum atomic E-state index is 13.3. The summed E-state index contributed by atoms with van der Waals surface area (Å²) in [5, 5.41) is 13.9. The molecule has 1 aliphatic heterocycles. The van der Waals surface area contributed by atoms with Crippen LogP contribution in [0.4, 0.5) is 4.79 Å². The van der Waals surface area contributed by atoms with Gasteiger partial charge in [0.25, 0.3) is 0 Å². The minimum atomic E-state index is -2.65. The lowest BCUT2D eigenvalue weighted by molar-refractivity contribution is -0.138. The molecule has 1 aliphatic rings. The summed E-state index contributed by atoms with van der Waals surface area (Å²) in [5.41, 5.74) is -0.547. The van der Waals surface area contributed by atoms with E-state index >= 15 is 0 Å². The number of carbonyl (C=O) groups is 3. The Morgan fingerprint density at radius 2 is 1.47 bits per heavy atom. The van der Waals surface area contributed by atoms with Crippen LogP contribution in [0.3, 0.4) is 0 Å². The van der Waals surface area contributed by atoms with Crippen molar-refractivity contribution in [1.82, 2.24) is 10.6 Å². The van der Waals surface area contributed by atoms with E-state index in [0.717, 1.165) is 0 Å². The number of carboxylic acids is 1. The molecule has 0 saturated carbocycles. The number of carboxylic acid groups (broad SMARTS) is 1. The average Bonchev–Trinajstić information content (AvgIpc) is 2.67. The first kappa shape index (κ1) is 26.8. The molecule has 11 heteroatoms. The molecule has 3 amide bonds. The third-order valence-electron chi connectivity index (χ3n) is 4.05. The monoisotopic (exact) mass is 479 g/mol. The summed E-state index contributed by atoms with van der Waals surface area (Å²) >= 11 is 0. The van der Waals surface area contributed by atoms with Crippen molar-refractivity contribution >= 4 is 49.2 Å². The van der Waals surface area contributed by atoms with Crippen molar-refractivity contribution in [3.05, 3.63) is 12.2 Å². The molecule has 0 aromatic carbocycles. The van der Waals surface area contributed by atoms with Gasteiger partial charge in [-0.3, -0.25) is 9.59 Å². The zero-order valence-corrected chi connectivity index (χ0v) is 20.5. The molecule has 0 aromatic rings. The number of amides is 3. The Morgan fingerprint density at radius 3 is 1.97 bits per heavy atom. The number of hydrogen-bond donors (Lipinski definition) is 3. The van der Waals surface area contributed by atoms with Crippen LogP contribution >= 0.6 is 21.6 Å². The Hall–Kier alpha value is -1.20. The van der Waals surface area contributed by atoms with E-state index in [-0.39, 0.29) is 29.6 Å². The fourth-order valence-electron chi connectivity index (χ4n) is 2.87. The molecule has 0 fully saturated rings. The quantitative estimate of drug-likeness (QED) is 0.250. The second-order valence-corrected chi connectivity index (χ2v) is 13.6. The summed E-state index contributed by atoms with van der Waals surface area (Å²) in [6, 6.07) is -0.537. The SMILES string of the molecule is CC1(C)C=CC(C)(C)CS(=O)(=NC(=O)NCCSSCCNC(=O)CCC(=O)O)C1. The average molecular weight is 480 g/mol. The zero-order chi connectivity index (χ0) is 22.8.